The first-order chi connectivity index (χ1) is 33.2. The van der Waals surface area contributed by atoms with Gasteiger partial charge in [0, 0.05) is 33.8 Å². The van der Waals surface area contributed by atoms with Crippen LogP contribution >= 0.6 is 0 Å². The second-order valence-corrected chi connectivity index (χ2v) is 16.6. The van der Waals surface area contributed by atoms with Gasteiger partial charge >= 0.3 is 0 Å². The van der Waals surface area contributed by atoms with Crippen LogP contribution in [0.1, 0.15) is 0 Å². The largest absolute Gasteiger partial charge is 0.311 e. The van der Waals surface area contributed by atoms with Crippen LogP contribution in [-0.2, 0) is 0 Å². The maximum atomic E-state index is 5.10. The van der Waals surface area contributed by atoms with Crippen molar-refractivity contribution in [1.82, 2.24) is 9.97 Å². The fourth-order valence-corrected chi connectivity index (χ4v) is 8.75. The van der Waals surface area contributed by atoms with Gasteiger partial charge in [0.05, 0.1) is 11.4 Å². The Hall–Kier alpha value is -8.92. The van der Waals surface area contributed by atoms with Crippen molar-refractivity contribution in [2.75, 3.05) is 4.90 Å². The lowest BCUT2D eigenvalue weighted by Crippen LogP contribution is -2.09. The monoisotopic (exact) mass is 855 g/mol. The lowest BCUT2D eigenvalue weighted by molar-refractivity contribution is 1.18. The van der Waals surface area contributed by atoms with Crippen molar-refractivity contribution in [2.45, 2.75) is 0 Å². The first kappa shape index (κ1) is 40.8. The lowest BCUT2D eigenvalue weighted by Gasteiger charge is -2.26. The molecule has 3 nitrogen and oxygen atoms in total. The van der Waals surface area contributed by atoms with Crippen molar-refractivity contribution in [2.24, 2.45) is 0 Å². The van der Waals surface area contributed by atoms with Gasteiger partial charge in [0.2, 0.25) is 0 Å². The Morgan fingerprint density at radius 3 is 0.806 bits per heavy atom. The van der Waals surface area contributed by atoms with Crippen LogP contribution in [0.2, 0.25) is 0 Å². The summed E-state index contributed by atoms with van der Waals surface area (Å²) in [6, 6.07) is 96.6. The number of hydrogen-bond acceptors (Lipinski definition) is 3. The van der Waals surface area contributed by atoms with E-state index in [2.05, 4.69) is 254 Å². The second kappa shape index (κ2) is 18.7. The van der Waals surface area contributed by atoms with Crippen LogP contribution in [0.4, 0.5) is 17.1 Å². The third kappa shape index (κ3) is 8.95. The minimum atomic E-state index is 0.700. The van der Waals surface area contributed by atoms with Crippen LogP contribution in [0.25, 0.3) is 89.5 Å². The number of benzene rings is 10. The van der Waals surface area contributed by atoms with Crippen molar-refractivity contribution in [3.8, 4) is 89.5 Å². The summed E-state index contributed by atoms with van der Waals surface area (Å²) < 4.78 is 0. The molecule has 1 heterocycles. The number of hydrogen-bond donors (Lipinski definition) is 0. The molecule has 0 fully saturated rings. The van der Waals surface area contributed by atoms with Crippen molar-refractivity contribution in [3.63, 3.8) is 0 Å². The van der Waals surface area contributed by atoms with Crippen LogP contribution < -0.4 is 4.90 Å². The highest BCUT2D eigenvalue weighted by molar-refractivity contribution is 5.83. The molecule has 11 rings (SSSR count). The maximum Gasteiger partial charge on any atom is 0.160 e. The number of rotatable bonds is 11. The SMILES string of the molecule is c1ccc(-c2ccc(-c3cc(-c4ccc(-c5ccc(N(c6ccc(-c7ccccc7)cc6)c6ccc(-c7cccc(-c8ccccc8)c7)cc6)cc5)cc4)nc(-c4ccccc4)n3)cc2)cc1. The quantitative estimate of drug-likeness (QED) is 0.130. The van der Waals surface area contributed by atoms with Gasteiger partial charge in [-0.3, -0.25) is 0 Å². The zero-order chi connectivity index (χ0) is 44.8. The molecule has 0 unspecified atom stereocenters. The average molecular weight is 856 g/mol. The Kier molecular flexibility index (Phi) is 11.4. The normalized spacial score (nSPS) is 11.0. The van der Waals surface area contributed by atoms with Gasteiger partial charge in [0.1, 0.15) is 0 Å². The molecular formula is C64H45N3. The Labute approximate surface area is 392 Å². The summed E-state index contributed by atoms with van der Waals surface area (Å²) in [6.07, 6.45) is 0. The summed E-state index contributed by atoms with van der Waals surface area (Å²) in [7, 11) is 0. The molecule has 11 aromatic rings. The number of nitrogens with zero attached hydrogens (tertiary/aromatic N) is 3. The van der Waals surface area contributed by atoms with Crippen LogP contribution in [0.3, 0.4) is 0 Å². The first-order valence-electron chi connectivity index (χ1n) is 22.7. The fourth-order valence-electron chi connectivity index (χ4n) is 8.75. The topological polar surface area (TPSA) is 29.0 Å². The maximum absolute atomic E-state index is 5.10. The smallest absolute Gasteiger partial charge is 0.160 e. The molecule has 0 radical (unpaired) electrons. The van der Waals surface area contributed by atoms with E-state index in [1.807, 2.05) is 24.3 Å². The summed E-state index contributed by atoms with van der Waals surface area (Å²) in [6.45, 7) is 0. The predicted molar refractivity (Wildman–Crippen MR) is 280 cm³/mol. The molecule has 0 aliphatic carbocycles. The van der Waals surface area contributed by atoms with E-state index < -0.39 is 0 Å². The van der Waals surface area contributed by atoms with E-state index >= 15 is 0 Å². The molecule has 316 valence electrons. The van der Waals surface area contributed by atoms with Crippen molar-refractivity contribution in [3.05, 3.63) is 273 Å². The van der Waals surface area contributed by atoms with Crippen LogP contribution in [0.5, 0.6) is 0 Å². The van der Waals surface area contributed by atoms with E-state index in [0.29, 0.717) is 5.82 Å². The summed E-state index contributed by atoms with van der Waals surface area (Å²) >= 11 is 0. The Morgan fingerprint density at radius 2 is 0.448 bits per heavy atom. The molecular weight excluding hydrogens is 811 g/mol. The number of anilines is 3. The molecule has 0 N–H and O–H groups in total. The van der Waals surface area contributed by atoms with E-state index in [1.165, 1.54) is 44.5 Å². The third-order valence-corrected chi connectivity index (χ3v) is 12.3. The van der Waals surface area contributed by atoms with Gasteiger partial charge < -0.3 is 4.90 Å². The molecule has 0 spiro atoms. The minimum absolute atomic E-state index is 0.700. The predicted octanol–water partition coefficient (Wildman–Crippen LogP) is 17.3. The molecule has 0 aliphatic rings. The standard InChI is InChI=1S/C64H45N3/c1-5-14-46(15-6-1)49-24-28-54(29-25-49)62-45-63(66-64(65-62)56-20-11-4-12-21-56)55-30-26-50(27-31-55)52-34-40-60(41-35-52)67(59-38-32-51(33-39-59)47-16-7-2-8-17-47)61-42-36-53(37-43-61)58-23-13-22-57(44-58)48-18-9-3-10-19-48/h1-45H. The Balaban J connectivity index is 0.894. The summed E-state index contributed by atoms with van der Waals surface area (Å²) in [5, 5.41) is 0. The Bertz CT molecular complexity index is 3370. The second-order valence-electron chi connectivity index (χ2n) is 16.6. The van der Waals surface area contributed by atoms with Gasteiger partial charge in [-0.25, -0.2) is 9.97 Å². The molecule has 0 aliphatic heterocycles. The van der Waals surface area contributed by atoms with Crippen LogP contribution in [0.15, 0.2) is 273 Å². The van der Waals surface area contributed by atoms with Crippen molar-refractivity contribution in [1.29, 1.82) is 0 Å². The summed E-state index contributed by atoms with van der Waals surface area (Å²) in [5.41, 5.74) is 19.8. The highest BCUT2D eigenvalue weighted by Gasteiger charge is 2.16. The van der Waals surface area contributed by atoms with Gasteiger partial charge in [0.15, 0.2) is 5.82 Å². The van der Waals surface area contributed by atoms with Gasteiger partial charge in [-0.1, -0.05) is 224 Å². The van der Waals surface area contributed by atoms with Crippen molar-refractivity contribution >= 4 is 17.1 Å². The zero-order valence-corrected chi connectivity index (χ0v) is 36.8. The molecule has 0 saturated heterocycles. The van der Waals surface area contributed by atoms with Crippen LogP contribution in [-0.4, -0.2) is 9.97 Å². The van der Waals surface area contributed by atoms with E-state index in [-0.39, 0.29) is 0 Å². The van der Waals surface area contributed by atoms with Gasteiger partial charge in [-0.05, 0) is 104 Å². The summed E-state index contributed by atoms with van der Waals surface area (Å²) in [5.74, 6) is 0.700. The molecule has 0 amide bonds. The molecule has 67 heavy (non-hydrogen) atoms. The Morgan fingerprint density at radius 1 is 0.194 bits per heavy atom. The van der Waals surface area contributed by atoms with Gasteiger partial charge in [-0.15, -0.1) is 0 Å². The zero-order valence-electron chi connectivity index (χ0n) is 36.8. The molecule has 10 aromatic carbocycles. The highest BCUT2D eigenvalue weighted by Crippen LogP contribution is 2.39. The van der Waals surface area contributed by atoms with E-state index in [9.17, 15) is 0 Å². The average Bonchev–Trinajstić information content (AvgIpc) is 3.42. The van der Waals surface area contributed by atoms with Gasteiger partial charge in [-0.2, -0.15) is 0 Å². The molecule has 1 aromatic heterocycles. The van der Waals surface area contributed by atoms with E-state index in [0.717, 1.165) is 56.3 Å². The molecule has 0 atom stereocenters. The lowest BCUT2D eigenvalue weighted by atomic mass is 9.98. The summed E-state index contributed by atoms with van der Waals surface area (Å²) in [4.78, 5) is 12.5. The number of aromatic nitrogens is 2. The first-order valence-corrected chi connectivity index (χ1v) is 22.7. The molecule has 0 saturated carbocycles. The van der Waals surface area contributed by atoms with E-state index in [1.54, 1.807) is 0 Å². The molecule has 0 bridgehead atoms. The van der Waals surface area contributed by atoms with Gasteiger partial charge in [0.25, 0.3) is 0 Å². The fraction of sp³-hybridized carbons (Fsp3) is 0. The minimum Gasteiger partial charge on any atom is -0.311 e. The third-order valence-electron chi connectivity index (χ3n) is 12.3. The van der Waals surface area contributed by atoms with E-state index in [4.69, 9.17) is 9.97 Å². The molecule has 3 heteroatoms. The van der Waals surface area contributed by atoms with Crippen molar-refractivity contribution < 1.29 is 0 Å². The van der Waals surface area contributed by atoms with Crippen LogP contribution in [0, 0.1) is 0 Å². The highest BCUT2D eigenvalue weighted by atomic mass is 15.1.